The molecule has 0 amide bonds. The molecular weight excluding hydrogens is 725 g/mol. The van der Waals surface area contributed by atoms with Crippen molar-refractivity contribution >= 4 is 49.6 Å². The Labute approximate surface area is 350 Å². The molecule has 10 aromatic carbocycles. The lowest BCUT2D eigenvalue weighted by Gasteiger charge is -2.26. The number of hydrogen-bond donors (Lipinski definition) is 0. The second kappa shape index (κ2) is 15.1. The van der Waals surface area contributed by atoms with Gasteiger partial charge in [-0.05, 0) is 104 Å². The lowest BCUT2D eigenvalue weighted by Crippen LogP contribution is -2.09. The van der Waals surface area contributed by atoms with Gasteiger partial charge in [-0.2, -0.15) is 0 Å². The fourth-order valence-corrected chi connectivity index (χ4v) is 8.98. The summed E-state index contributed by atoms with van der Waals surface area (Å²) in [6.45, 7) is 0. The average molecular weight is 765 g/mol. The predicted octanol–water partition coefficient (Wildman–Crippen LogP) is 16.1. The zero-order chi connectivity index (χ0) is 39.8. The summed E-state index contributed by atoms with van der Waals surface area (Å²) in [5, 5.41) is 5.02. The third-order valence-corrected chi connectivity index (χ3v) is 11.8. The lowest BCUT2D eigenvalue weighted by atomic mass is 9.92. The average Bonchev–Trinajstić information content (AvgIpc) is 3.67. The number of aromatic nitrogens is 1. The fraction of sp³-hybridized carbons (Fsp3) is 0. The van der Waals surface area contributed by atoms with Gasteiger partial charge in [0.05, 0.1) is 16.7 Å². The number of para-hydroxylation sites is 3. The van der Waals surface area contributed by atoms with Gasteiger partial charge in [0.25, 0.3) is 0 Å². The molecule has 11 aromatic rings. The molecule has 0 aliphatic heterocycles. The quantitative estimate of drug-likeness (QED) is 0.150. The van der Waals surface area contributed by atoms with Crippen molar-refractivity contribution in [1.29, 1.82) is 0 Å². The van der Waals surface area contributed by atoms with Crippen LogP contribution in [0, 0.1) is 0 Å². The van der Waals surface area contributed by atoms with Crippen molar-refractivity contribution in [2.45, 2.75) is 0 Å². The molecule has 282 valence electrons. The van der Waals surface area contributed by atoms with E-state index in [-0.39, 0.29) is 0 Å². The molecule has 0 saturated heterocycles. The minimum absolute atomic E-state index is 1.10. The maximum absolute atomic E-state index is 2.44. The van der Waals surface area contributed by atoms with Crippen LogP contribution in [0.3, 0.4) is 0 Å². The molecule has 0 aliphatic rings. The number of rotatable bonds is 8. The summed E-state index contributed by atoms with van der Waals surface area (Å²) in [5.74, 6) is 0. The van der Waals surface area contributed by atoms with Crippen LogP contribution in [-0.2, 0) is 0 Å². The van der Waals surface area contributed by atoms with Crippen molar-refractivity contribution in [2.24, 2.45) is 0 Å². The molecule has 0 N–H and O–H groups in total. The van der Waals surface area contributed by atoms with E-state index in [1.165, 1.54) is 71.5 Å². The van der Waals surface area contributed by atoms with Gasteiger partial charge in [-0.1, -0.05) is 188 Å². The van der Waals surface area contributed by atoms with E-state index in [1.807, 2.05) is 0 Å². The number of hydrogen-bond acceptors (Lipinski definition) is 1. The zero-order valence-electron chi connectivity index (χ0n) is 33.0. The van der Waals surface area contributed by atoms with Gasteiger partial charge in [-0.15, -0.1) is 0 Å². The summed E-state index contributed by atoms with van der Waals surface area (Å²) >= 11 is 0. The SMILES string of the molecule is c1ccc(-c2ccc(-c3ccc(N(c4ccccc4)c4ccc(-c5ccc(-c6ccccc6)c6ccccc56)cc4)cc3)cc2-n2c3ccccc3c3ccccc32)cc1. The van der Waals surface area contributed by atoms with Gasteiger partial charge in [0, 0.05) is 33.4 Å². The maximum atomic E-state index is 2.44. The molecule has 0 saturated carbocycles. The molecule has 2 heteroatoms. The molecular formula is C58H40N2. The minimum atomic E-state index is 1.10. The molecule has 0 aliphatic carbocycles. The van der Waals surface area contributed by atoms with E-state index < -0.39 is 0 Å². The first-order valence-corrected chi connectivity index (χ1v) is 20.6. The Hall–Kier alpha value is -7.94. The van der Waals surface area contributed by atoms with Crippen molar-refractivity contribution in [3.05, 3.63) is 243 Å². The number of anilines is 3. The highest BCUT2D eigenvalue weighted by Crippen LogP contribution is 2.41. The van der Waals surface area contributed by atoms with Gasteiger partial charge < -0.3 is 9.47 Å². The Morgan fingerprint density at radius 3 is 1.15 bits per heavy atom. The number of benzene rings is 10. The van der Waals surface area contributed by atoms with E-state index in [0.717, 1.165) is 28.3 Å². The highest BCUT2D eigenvalue weighted by atomic mass is 15.1. The summed E-state index contributed by atoms with van der Waals surface area (Å²) in [6.07, 6.45) is 0. The van der Waals surface area contributed by atoms with Crippen LogP contribution >= 0.6 is 0 Å². The summed E-state index contributed by atoms with van der Waals surface area (Å²) < 4.78 is 2.44. The van der Waals surface area contributed by atoms with Crippen LogP contribution in [0.15, 0.2) is 243 Å². The molecule has 1 aromatic heterocycles. The van der Waals surface area contributed by atoms with Gasteiger partial charge >= 0.3 is 0 Å². The van der Waals surface area contributed by atoms with Gasteiger partial charge in [0.2, 0.25) is 0 Å². The molecule has 2 nitrogen and oxygen atoms in total. The predicted molar refractivity (Wildman–Crippen MR) is 255 cm³/mol. The van der Waals surface area contributed by atoms with E-state index in [9.17, 15) is 0 Å². The van der Waals surface area contributed by atoms with E-state index in [1.54, 1.807) is 0 Å². The molecule has 60 heavy (non-hydrogen) atoms. The summed E-state index contributed by atoms with van der Waals surface area (Å²) in [5.41, 5.74) is 16.5. The number of fused-ring (bicyclic) bond motifs is 4. The Balaban J connectivity index is 0.979. The third-order valence-electron chi connectivity index (χ3n) is 11.8. The molecule has 0 atom stereocenters. The Bertz CT molecular complexity index is 3220. The van der Waals surface area contributed by atoms with Crippen molar-refractivity contribution in [3.63, 3.8) is 0 Å². The summed E-state index contributed by atoms with van der Waals surface area (Å²) in [6, 6.07) is 87.7. The minimum Gasteiger partial charge on any atom is -0.311 e. The number of nitrogens with zero attached hydrogens (tertiary/aromatic N) is 2. The van der Waals surface area contributed by atoms with E-state index >= 15 is 0 Å². The molecule has 0 unspecified atom stereocenters. The highest BCUT2D eigenvalue weighted by Gasteiger charge is 2.18. The van der Waals surface area contributed by atoms with Crippen molar-refractivity contribution in [1.82, 2.24) is 4.57 Å². The maximum Gasteiger partial charge on any atom is 0.0546 e. The lowest BCUT2D eigenvalue weighted by molar-refractivity contribution is 1.18. The largest absolute Gasteiger partial charge is 0.311 e. The Kier molecular flexibility index (Phi) is 8.87. The normalized spacial score (nSPS) is 11.3. The smallest absolute Gasteiger partial charge is 0.0546 e. The second-order valence-electron chi connectivity index (χ2n) is 15.3. The topological polar surface area (TPSA) is 8.17 Å². The molecule has 0 spiro atoms. The van der Waals surface area contributed by atoms with E-state index in [0.29, 0.717) is 0 Å². The first-order chi connectivity index (χ1) is 29.8. The summed E-state index contributed by atoms with van der Waals surface area (Å²) in [7, 11) is 0. The van der Waals surface area contributed by atoms with Crippen molar-refractivity contribution in [2.75, 3.05) is 4.90 Å². The third kappa shape index (κ3) is 6.23. The van der Waals surface area contributed by atoms with Gasteiger partial charge in [0.1, 0.15) is 0 Å². The van der Waals surface area contributed by atoms with Crippen LogP contribution in [-0.4, -0.2) is 4.57 Å². The van der Waals surface area contributed by atoms with Crippen LogP contribution < -0.4 is 4.90 Å². The van der Waals surface area contributed by atoms with Gasteiger partial charge in [-0.25, -0.2) is 0 Å². The van der Waals surface area contributed by atoms with Crippen molar-refractivity contribution in [3.8, 4) is 50.2 Å². The molecule has 0 bridgehead atoms. The highest BCUT2D eigenvalue weighted by molar-refractivity contribution is 6.10. The van der Waals surface area contributed by atoms with Crippen LogP contribution in [0.5, 0.6) is 0 Å². The summed E-state index contributed by atoms with van der Waals surface area (Å²) in [4.78, 5) is 2.34. The van der Waals surface area contributed by atoms with Crippen LogP contribution in [0.4, 0.5) is 17.1 Å². The van der Waals surface area contributed by atoms with Gasteiger partial charge in [0.15, 0.2) is 0 Å². The fourth-order valence-electron chi connectivity index (χ4n) is 8.98. The van der Waals surface area contributed by atoms with E-state index in [2.05, 4.69) is 252 Å². The van der Waals surface area contributed by atoms with Crippen LogP contribution in [0.2, 0.25) is 0 Å². The first kappa shape index (κ1) is 35.2. The monoisotopic (exact) mass is 764 g/mol. The molecule has 11 rings (SSSR count). The Morgan fingerprint density at radius 1 is 0.250 bits per heavy atom. The second-order valence-corrected chi connectivity index (χ2v) is 15.3. The molecule has 0 fully saturated rings. The van der Waals surface area contributed by atoms with Crippen molar-refractivity contribution < 1.29 is 0 Å². The van der Waals surface area contributed by atoms with Crippen LogP contribution in [0.25, 0.3) is 82.8 Å². The van der Waals surface area contributed by atoms with Crippen LogP contribution in [0.1, 0.15) is 0 Å². The standard InChI is InChI=1S/C58H40N2/c1-4-16-42(17-5-1)49-38-39-50(53-23-11-10-22-52(49)53)44-30-35-48(36-31-44)59(46-20-8-3-9-21-46)47-33-28-41(29-34-47)45-32-37-51(43-18-6-2-7-19-43)58(40-45)60-56-26-14-12-24-54(56)55-25-13-15-27-57(55)60/h1-40H. The van der Waals surface area contributed by atoms with Gasteiger partial charge in [-0.3, -0.25) is 0 Å². The molecule has 1 heterocycles. The first-order valence-electron chi connectivity index (χ1n) is 20.6. The molecule has 0 radical (unpaired) electrons. The van der Waals surface area contributed by atoms with E-state index in [4.69, 9.17) is 0 Å². The Morgan fingerprint density at radius 2 is 0.617 bits per heavy atom. The zero-order valence-corrected chi connectivity index (χ0v) is 33.0.